The van der Waals surface area contributed by atoms with E-state index in [1.165, 1.54) is 23.9 Å². The van der Waals surface area contributed by atoms with Gasteiger partial charge in [-0.3, -0.25) is 0 Å². The highest BCUT2D eigenvalue weighted by atomic mass is 19.2. The van der Waals surface area contributed by atoms with Crippen LogP contribution in [0, 0.1) is 29.1 Å². The minimum atomic E-state index is -1.54. The number of anilines is 3. The lowest BCUT2D eigenvalue weighted by molar-refractivity contribution is 0.496. The zero-order valence-corrected chi connectivity index (χ0v) is 15.9. The van der Waals surface area contributed by atoms with E-state index in [9.17, 15) is 8.78 Å². The molecule has 0 aromatic heterocycles. The van der Waals surface area contributed by atoms with Gasteiger partial charge in [-0.1, -0.05) is 0 Å². The average Bonchev–Trinajstić information content (AvgIpc) is 3.34. The number of halogens is 5. The second-order valence-electron chi connectivity index (χ2n) is 7.65. The average molecular weight is 399 g/mol. The number of fused-ring (bicyclic) bond motifs is 1. The van der Waals surface area contributed by atoms with Crippen LogP contribution < -0.4 is 14.7 Å². The summed E-state index contributed by atoms with van der Waals surface area (Å²) in [6.07, 6.45) is 2.97. The smallest absolute Gasteiger partial charge is 0.185 e. The summed E-state index contributed by atoms with van der Waals surface area (Å²) in [6, 6.07) is 0. The molecule has 2 heterocycles. The van der Waals surface area contributed by atoms with E-state index in [0.29, 0.717) is 39.0 Å². The summed E-state index contributed by atoms with van der Waals surface area (Å²) in [4.78, 5) is 4.31. The van der Waals surface area contributed by atoms with Gasteiger partial charge in [-0.05, 0) is 25.7 Å². The van der Waals surface area contributed by atoms with Gasteiger partial charge in [0.25, 0.3) is 0 Å². The lowest BCUT2D eigenvalue weighted by Gasteiger charge is -2.28. The SMILES string of the molecule is CN(C)c1c(N2CCCC2)c(F)c2c(F)c(F)c(N3CCCC3)c(F)c2c1F. The number of benzene rings is 2. The zero-order chi connectivity index (χ0) is 20.2. The fourth-order valence-corrected chi connectivity index (χ4v) is 4.36. The van der Waals surface area contributed by atoms with Crippen LogP contribution in [0.2, 0.25) is 0 Å². The first kappa shape index (κ1) is 19.1. The van der Waals surface area contributed by atoms with Crippen LogP contribution in [0.3, 0.4) is 0 Å². The number of nitrogens with zero attached hydrogens (tertiary/aromatic N) is 3. The Bertz CT molecular complexity index is 932. The monoisotopic (exact) mass is 399 g/mol. The molecule has 0 radical (unpaired) electrons. The van der Waals surface area contributed by atoms with Crippen molar-refractivity contribution in [2.24, 2.45) is 0 Å². The Morgan fingerprint density at radius 3 is 1.50 bits per heavy atom. The normalized spacial score (nSPS) is 17.2. The molecule has 2 fully saturated rings. The van der Waals surface area contributed by atoms with Crippen LogP contribution in [-0.2, 0) is 0 Å². The first-order valence-corrected chi connectivity index (χ1v) is 9.53. The van der Waals surface area contributed by atoms with Gasteiger partial charge in [-0.15, -0.1) is 0 Å². The Labute approximate surface area is 160 Å². The van der Waals surface area contributed by atoms with Crippen molar-refractivity contribution in [3.63, 3.8) is 0 Å². The predicted molar refractivity (Wildman–Crippen MR) is 101 cm³/mol. The second kappa shape index (κ2) is 6.97. The molecular formula is C20H22F5N3. The molecule has 4 rings (SSSR count). The molecule has 2 aliphatic rings. The summed E-state index contributed by atoms with van der Waals surface area (Å²) in [5.41, 5.74) is -0.900. The molecule has 0 N–H and O–H groups in total. The zero-order valence-electron chi connectivity index (χ0n) is 15.9. The van der Waals surface area contributed by atoms with Crippen LogP contribution in [0.25, 0.3) is 10.8 Å². The molecule has 0 atom stereocenters. The molecule has 8 heteroatoms. The molecular weight excluding hydrogens is 377 g/mol. The van der Waals surface area contributed by atoms with Crippen LogP contribution in [0.15, 0.2) is 0 Å². The summed E-state index contributed by atoms with van der Waals surface area (Å²) in [6.45, 7) is 1.63. The van der Waals surface area contributed by atoms with Crippen molar-refractivity contribution in [2.75, 3.05) is 55.0 Å². The molecule has 0 bridgehead atoms. The largest absolute Gasteiger partial charge is 0.374 e. The standard InChI is InChI=1S/C20H22F5N3/c1-26(2)19-15(23)12-11(16(24)20(19)28-9-5-6-10-28)13(21)17(25)18(14(12)22)27-7-3-4-8-27/h3-10H2,1-2H3. The van der Waals surface area contributed by atoms with Crippen molar-refractivity contribution in [1.82, 2.24) is 0 Å². The van der Waals surface area contributed by atoms with Gasteiger partial charge in [0.15, 0.2) is 29.1 Å². The quantitative estimate of drug-likeness (QED) is 0.542. The topological polar surface area (TPSA) is 9.72 Å². The van der Waals surface area contributed by atoms with Crippen molar-refractivity contribution in [3.8, 4) is 0 Å². The van der Waals surface area contributed by atoms with E-state index in [-0.39, 0.29) is 11.4 Å². The fraction of sp³-hybridized carbons (Fsp3) is 0.500. The predicted octanol–water partition coefficient (Wildman–Crippen LogP) is 4.80. The molecule has 2 aliphatic heterocycles. The summed E-state index contributed by atoms with van der Waals surface area (Å²) in [5.74, 6) is -6.44. The number of hydrogen-bond donors (Lipinski definition) is 0. The van der Waals surface area contributed by atoms with Gasteiger partial charge < -0.3 is 14.7 Å². The first-order valence-electron chi connectivity index (χ1n) is 9.53. The lowest BCUT2D eigenvalue weighted by Crippen LogP contribution is -2.25. The molecule has 28 heavy (non-hydrogen) atoms. The first-order chi connectivity index (χ1) is 13.3. The van der Waals surface area contributed by atoms with Crippen LogP contribution >= 0.6 is 0 Å². The third-order valence-electron chi connectivity index (χ3n) is 5.67. The lowest BCUT2D eigenvalue weighted by atomic mass is 10.0. The highest BCUT2D eigenvalue weighted by Gasteiger charge is 2.34. The minimum absolute atomic E-state index is 0.140. The molecule has 3 nitrogen and oxygen atoms in total. The van der Waals surface area contributed by atoms with Gasteiger partial charge in [0.05, 0.1) is 16.5 Å². The van der Waals surface area contributed by atoms with Crippen molar-refractivity contribution < 1.29 is 22.0 Å². The Hall–Kier alpha value is -2.25. The van der Waals surface area contributed by atoms with E-state index >= 15 is 13.2 Å². The van der Waals surface area contributed by atoms with E-state index in [1.807, 2.05) is 0 Å². The molecule has 0 aliphatic carbocycles. The maximum Gasteiger partial charge on any atom is 0.185 e. The number of hydrogen-bond acceptors (Lipinski definition) is 3. The van der Waals surface area contributed by atoms with E-state index in [0.717, 1.165) is 12.8 Å². The molecule has 0 unspecified atom stereocenters. The van der Waals surface area contributed by atoms with E-state index in [4.69, 9.17) is 0 Å². The van der Waals surface area contributed by atoms with Crippen molar-refractivity contribution in [1.29, 1.82) is 0 Å². The van der Waals surface area contributed by atoms with Crippen LogP contribution in [-0.4, -0.2) is 40.3 Å². The van der Waals surface area contributed by atoms with Crippen molar-refractivity contribution >= 4 is 27.8 Å². The minimum Gasteiger partial charge on any atom is -0.374 e. The molecule has 2 saturated heterocycles. The maximum absolute atomic E-state index is 15.5. The number of rotatable bonds is 3. The summed E-state index contributed by atoms with van der Waals surface area (Å²) in [5, 5.41) is -1.78. The van der Waals surface area contributed by atoms with E-state index in [1.54, 1.807) is 4.90 Å². The van der Waals surface area contributed by atoms with E-state index in [2.05, 4.69) is 0 Å². The Morgan fingerprint density at radius 1 is 0.571 bits per heavy atom. The van der Waals surface area contributed by atoms with Gasteiger partial charge in [0, 0.05) is 40.3 Å². The molecule has 2 aromatic rings. The van der Waals surface area contributed by atoms with Gasteiger partial charge in [0.2, 0.25) is 0 Å². The second-order valence-corrected chi connectivity index (χ2v) is 7.65. The molecule has 0 saturated carbocycles. The van der Waals surface area contributed by atoms with Gasteiger partial charge in [-0.25, -0.2) is 22.0 Å². The molecule has 2 aromatic carbocycles. The molecule has 0 spiro atoms. The molecule has 0 amide bonds. The highest BCUT2D eigenvalue weighted by molar-refractivity contribution is 5.97. The van der Waals surface area contributed by atoms with Gasteiger partial charge >= 0.3 is 0 Å². The Morgan fingerprint density at radius 2 is 1.00 bits per heavy atom. The van der Waals surface area contributed by atoms with Crippen LogP contribution in [0.4, 0.5) is 39.0 Å². The summed E-state index contributed by atoms with van der Waals surface area (Å²) >= 11 is 0. The summed E-state index contributed by atoms with van der Waals surface area (Å²) < 4.78 is 75.8. The van der Waals surface area contributed by atoms with E-state index < -0.39 is 45.5 Å². The van der Waals surface area contributed by atoms with Gasteiger partial charge in [-0.2, -0.15) is 0 Å². The third-order valence-corrected chi connectivity index (χ3v) is 5.67. The molecule has 152 valence electrons. The Balaban J connectivity index is 2.10. The Kier molecular flexibility index (Phi) is 4.75. The van der Waals surface area contributed by atoms with Crippen molar-refractivity contribution in [3.05, 3.63) is 29.1 Å². The fourth-order valence-electron chi connectivity index (χ4n) is 4.36. The maximum atomic E-state index is 15.5. The third kappa shape index (κ3) is 2.68. The van der Waals surface area contributed by atoms with Gasteiger partial charge in [0.1, 0.15) is 11.4 Å². The highest BCUT2D eigenvalue weighted by Crippen LogP contribution is 2.45. The van der Waals surface area contributed by atoms with Crippen LogP contribution in [0.5, 0.6) is 0 Å². The van der Waals surface area contributed by atoms with Crippen LogP contribution in [0.1, 0.15) is 25.7 Å². The van der Waals surface area contributed by atoms with Crippen molar-refractivity contribution in [2.45, 2.75) is 25.7 Å². The summed E-state index contributed by atoms with van der Waals surface area (Å²) in [7, 11) is 3.03.